The summed E-state index contributed by atoms with van der Waals surface area (Å²) in [5.41, 5.74) is 0.641. The number of carbonyl (C=O) groups excluding carboxylic acids is 3. The van der Waals surface area contributed by atoms with E-state index < -0.39 is 18.0 Å². The summed E-state index contributed by atoms with van der Waals surface area (Å²) >= 11 is 0. The molecule has 1 aromatic rings. The van der Waals surface area contributed by atoms with Crippen molar-refractivity contribution in [1.82, 2.24) is 20.4 Å². The molecule has 0 saturated carbocycles. The predicted octanol–water partition coefficient (Wildman–Crippen LogP) is 0.0680. The molecule has 3 rings (SSSR count). The molecule has 8 heteroatoms. The predicted molar refractivity (Wildman–Crippen MR) is 83.3 cm³/mol. The number of hydrogen-bond acceptors (Lipinski definition) is 4. The Morgan fingerprint density at radius 3 is 2.50 bits per heavy atom. The van der Waals surface area contributed by atoms with Gasteiger partial charge in [-0.25, -0.2) is 9.18 Å². The quantitative estimate of drug-likeness (QED) is 0.764. The molecule has 2 aliphatic rings. The van der Waals surface area contributed by atoms with Crippen LogP contribution >= 0.6 is 0 Å². The van der Waals surface area contributed by atoms with E-state index in [2.05, 4.69) is 15.5 Å². The van der Waals surface area contributed by atoms with E-state index in [1.54, 1.807) is 23.1 Å². The van der Waals surface area contributed by atoms with Gasteiger partial charge < -0.3 is 10.2 Å². The second kappa shape index (κ2) is 6.96. The lowest BCUT2D eigenvalue weighted by atomic mass is 10.1. The van der Waals surface area contributed by atoms with Crippen LogP contribution in [0.3, 0.4) is 0 Å². The van der Waals surface area contributed by atoms with Gasteiger partial charge in [-0.15, -0.1) is 0 Å². The number of carbonyl (C=O) groups is 3. The number of rotatable bonds is 4. The Bertz CT molecular complexity index is 658. The Hall–Kier alpha value is -2.48. The van der Waals surface area contributed by atoms with Crippen LogP contribution in [0.1, 0.15) is 12.0 Å². The van der Waals surface area contributed by atoms with Crippen LogP contribution in [0.5, 0.6) is 0 Å². The average Bonchev–Trinajstić information content (AvgIpc) is 2.88. The lowest BCUT2D eigenvalue weighted by Crippen LogP contribution is -2.49. The summed E-state index contributed by atoms with van der Waals surface area (Å²) in [7, 11) is 0. The molecule has 2 heterocycles. The van der Waals surface area contributed by atoms with Gasteiger partial charge in [0.1, 0.15) is 11.9 Å². The summed E-state index contributed by atoms with van der Waals surface area (Å²) in [6.45, 7) is 2.84. The maximum Gasteiger partial charge on any atom is 0.322 e. The molecule has 0 aliphatic carbocycles. The van der Waals surface area contributed by atoms with Gasteiger partial charge in [-0.2, -0.15) is 0 Å². The van der Waals surface area contributed by atoms with E-state index in [4.69, 9.17) is 0 Å². The first-order chi connectivity index (χ1) is 11.5. The topological polar surface area (TPSA) is 81.8 Å². The first kappa shape index (κ1) is 16.4. The zero-order valence-corrected chi connectivity index (χ0v) is 13.1. The van der Waals surface area contributed by atoms with Gasteiger partial charge >= 0.3 is 6.03 Å². The molecule has 0 radical (unpaired) electrons. The summed E-state index contributed by atoms with van der Waals surface area (Å²) in [6, 6.07) is 5.31. The SMILES string of the molecule is O=C1NC(=O)C(CC(=O)N2CCN(Cc3ccccc3F)CC2)N1. The third kappa shape index (κ3) is 3.70. The van der Waals surface area contributed by atoms with Crippen LogP contribution in [-0.2, 0) is 16.1 Å². The van der Waals surface area contributed by atoms with E-state index in [0.717, 1.165) is 0 Å². The number of piperazine rings is 1. The molecule has 128 valence electrons. The monoisotopic (exact) mass is 334 g/mol. The lowest BCUT2D eigenvalue weighted by molar-refractivity contribution is -0.135. The van der Waals surface area contributed by atoms with E-state index in [9.17, 15) is 18.8 Å². The van der Waals surface area contributed by atoms with Crippen LogP contribution in [0.2, 0.25) is 0 Å². The highest BCUT2D eigenvalue weighted by molar-refractivity contribution is 6.05. The number of benzene rings is 1. The summed E-state index contributed by atoms with van der Waals surface area (Å²) in [6.07, 6.45) is -0.0368. The third-order valence-electron chi connectivity index (χ3n) is 4.31. The van der Waals surface area contributed by atoms with Gasteiger partial charge in [-0.3, -0.25) is 19.8 Å². The van der Waals surface area contributed by atoms with Crippen molar-refractivity contribution in [2.45, 2.75) is 19.0 Å². The highest BCUT2D eigenvalue weighted by atomic mass is 19.1. The Morgan fingerprint density at radius 1 is 1.17 bits per heavy atom. The smallest absolute Gasteiger partial charge is 0.322 e. The number of urea groups is 1. The molecule has 7 nitrogen and oxygen atoms in total. The second-order valence-corrected chi connectivity index (χ2v) is 5.97. The third-order valence-corrected chi connectivity index (χ3v) is 4.31. The first-order valence-corrected chi connectivity index (χ1v) is 7.88. The highest BCUT2D eigenvalue weighted by Crippen LogP contribution is 2.13. The number of imide groups is 1. The molecule has 0 bridgehead atoms. The summed E-state index contributed by atoms with van der Waals surface area (Å²) in [4.78, 5) is 38.5. The fourth-order valence-corrected chi connectivity index (χ4v) is 2.93. The van der Waals surface area contributed by atoms with Crippen LogP contribution < -0.4 is 10.6 Å². The van der Waals surface area contributed by atoms with E-state index in [1.807, 2.05) is 0 Å². The minimum absolute atomic E-state index is 0.0368. The average molecular weight is 334 g/mol. The van der Waals surface area contributed by atoms with Gasteiger partial charge in [-0.05, 0) is 6.07 Å². The molecule has 2 aliphatic heterocycles. The summed E-state index contributed by atoms with van der Waals surface area (Å²) in [5.74, 6) is -0.853. The zero-order chi connectivity index (χ0) is 17.1. The van der Waals surface area contributed by atoms with Crippen molar-refractivity contribution in [2.24, 2.45) is 0 Å². The van der Waals surface area contributed by atoms with Crippen LogP contribution in [0, 0.1) is 5.82 Å². The van der Waals surface area contributed by atoms with E-state index in [0.29, 0.717) is 38.3 Å². The number of amides is 4. The van der Waals surface area contributed by atoms with Crippen molar-refractivity contribution in [2.75, 3.05) is 26.2 Å². The fourth-order valence-electron chi connectivity index (χ4n) is 2.93. The molecule has 24 heavy (non-hydrogen) atoms. The zero-order valence-electron chi connectivity index (χ0n) is 13.1. The number of halogens is 1. The van der Waals surface area contributed by atoms with Crippen molar-refractivity contribution < 1.29 is 18.8 Å². The van der Waals surface area contributed by atoms with Gasteiger partial charge in [0.2, 0.25) is 5.91 Å². The van der Waals surface area contributed by atoms with E-state index in [-0.39, 0.29) is 18.1 Å². The number of nitrogens with one attached hydrogen (secondary N) is 2. The van der Waals surface area contributed by atoms with Crippen LogP contribution in [0.25, 0.3) is 0 Å². The molecule has 0 aromatic heterocycles. The molecule has 1 unspecified atom stereocenters. The van der Waals surface area contributed by atoms with E-state index >= 15 is 0 Å². The minimum Gasteiger partial charge on any atom is -0.340 e. The van der Waals surface area contributed by atoms with Crippen molar-refractivity contribution in [3.63, 3.8) is 0 Å². The van der Waals surface area contributed by atoms with Gasteiger partial charge in [0.15, 0.2) is 0 Å². The van der Waals surface area contributed by atoms with Gasteiger partial charge in [0.05, 0.1) is 6.42 Å². The highest BCUT2D eigenvalue weighted by Gasteiger charge is 2.33. The Morgan fingerprint density at radius 2 is 1.88 bits per heavy atom. The fraction of sp³-hybridized carbons (Fsp3) is 0.438. The van der Waals surface area contributed by atoms with E-state index in [1.165, 1.54) is 6.07 Å². The van der Waals surface area contributed by atoms with Crippen LogP contribution in [0.15, 0.2) is 24.3 Å². The normalized spacial score (nSPS) is 21.5. The maximum atomic E-state index is 13.7. The van der Waals surface area contributed by atoms with Crippen molar-refractivity contribution >= 4 is 17.8 Å². The number of hydrogen-bond donors (Lipinski definition) is 2. The maximum absolute atomic E-state index is 13.7. The largest absolute Gasteiger partial charge is 0.340 e. The van der Waals surface area contributed by atoms with Gasteiger partial charge in [0, 0.05) is 38.3 Å². The summed E-state index contributed by atoms with van der Waals surface area (Å²) in [5, 5.41) is 4.53. The molecule has 2 fully saturated rings. The molecule has 2 saturated heterocycles. The van der Waals surface area contributed by atoms with Crippen molar-refractivity contribution in [3.05, 3.63) is 35.6 Å². The Balaban J connectivity index is 1.48. The van der Waals surface area contributed by atoms with Gasteiger partial charge in [-0.1, -0.05) is 18.2 Å². The molecular weight excluding hydrogens is 315 g/mol. The second-order valence-electron chi connectivity index (χ2n) is 5.97. The molecule has 0 spiro atoms. The molecule has 1 aromatic carbocycles. The Kier molecular flexibility index (Phi) is 4.75. The standard InChI is InChI=1S/C16H19FN4O3/c17-12-4-2-1-3-11(12)10-20-5-7-21(8-6-20)14(22)9-13-15(23)19-16(24)18-13/h1-4,13H,5-10H2,(H2,18,19,23,24). The molecular formula is C16H19FN4O3. The molecule has 2 N–H and O–H groups in total. The van der Waals surface area contributed by atoms with Crippen molar-refractivity contribution in [1.29, 1.82) is 0 Å². The first-order valence-electron chi connectivity index (χ1n) is 7.88. The van der Waals surface area contributed by atoms with Gasteiger partial charge in [0.25, 0.3) is 5.91 Å². The lowest BCUT2D eigenvalue weighted by Gasteiger charge is -2.35. The molecule has 1 atom stereocenters. The van der Waals surface area contributed by atoms with Crippen LogP contribution in [-0.4, -0.2) is 59.9 Å². The summed E-state index contributed by atoms with van der Waals surface area (Å²) < 4.78 is 13.7. The van der Waals surface area contributed by atoms with Crippen LogP contribution in [0.4, 0.5) is 9.18 Å². The number of nitrogens with zero attached hydrogens (tertiary/aromatic N) is 2. The minimum atomic E-state index is -0.790. The molecule has 4 amide bonds. The Labute approximate surface area is 138 Å². The van der Waals surface area contributed by atoms with Crippen molar-refractivity contribution in [3.8, 4) is 0 Å².